The average Bonchev–Trinajstić information content (AvgIpc) is 2.42. The van der Waals surface area contributed by atoms with Crippen LogP contribution in [-0.4, -0.2) is 35.5 Å². The van der Waals surface area contributed by atoms with Crippen molar-refractivity contribution in [3.8, 4) is 11.5 Å². The molecule has 0 aliphatic heterocycles. The number of carbonyl (C=O) groups excluding carboxylic acids is 1. The molecule has 0 saturated carbocycles. The van der Waals surface area contributed by atoms with Gasteiger partial charge in [0.25, 0.3) is 5.69 Å². The largest absolute Gasteiger partial charge is 0.493 e. The first-order valence-electron chi connectivity index (χ1n) is 6.08. The molecule has 8 heteroatoms. The maximum Gasteiger partial charge on any atom is 0.303 e. The second-order valence-electron chi connectivity index (χ2n) is 4.18. The highest BCUT2D eigenvalue weighted by atomic mass is 16.6. The molecule has 1 aromatic carbocycles. The molecule has 0 fully saturated rings. The van der Waals surface area contributed by atoms with E-state index in [1.54, 1.807) is 0 Å². The summed E-state index contributed by atoms with van der Waals surface area (Å²) in [4.78, 5) is 32.1. The molecular formula is C13H15NO7. The summed E-state index contributed by atoms with van der Waals surface area (Å²) in [6, 6.07) is 2.35. The second kappa shape index (κ2) is 7.22. The van der Waals surface area contributed by atoms with Crippen LogP contribution in [0.2, 0.25) is 0 Å². The fourth-order valence-electron chi connectivity index (χ4n) is 1.66. The third-order valence-corrected chi connectivity index (χ3v) is 2.65. The van der Waals surface area contributed by atoms with Crippen LogP contribution in [0.15, 0.2) is 12.1 Å². The van der Waals surface area contributed by atoms with Crippen molar-refractivity contribution in [1.82, 2.24) is 0 Å². The second-order valence-corrected chi connectivity index (χ2v) is 4.18. The number of aliphatic carboxylic acids is 1. The molecule has 0 radical (unpaired) electrons. The highest BCUT2D eigenvalue weighted by molar-refractivity contribution is 5.98. The summed E-state index contributed by atoms with van der Waals surface area (Å²) in [5.41, 5.74) is -0.453. The Kier molecular flexibility index (Phi) is 5.65. The number of ether oxygens (including phenoxy) is 2. The van der Waals surface area contributed by atoms with Crippen LogP contribution in [0, 0.1) is 10.1 Å². The number of rotatable bonds is 8. The van der Waals surface area contributed by atoms with Crippen LogP contribution in [0.1, 0.15) is 30.1 Å². The Bertz CT molecular complexity index is 568. The highest BCUT2D eigenvalue weighted by Crippen LogP contribution is 2.35. The molecule has 0 saturated heterocycles. The Morgan fingerprint density at radius 2 is 2.00 bits per heavy atom. The van der Waals surface area contributed by atoms with E-state index in [0.717, 1.165) is 6.07 Å². The number of methoxy groups -OCH3 is 1. The molecule has 8 nitrogen and oxygen atoms in total. The Morgan fingerprint density at radius 3 is 2.48 bits per heavy atom. The molecule has 0 heterocycles. The number of nitro benzene ring substituents is 1. The third-order valence-electron chi connectivity index (χ3n) is 2.65. The van der Waals surface area contributed by atoms with E-state index in [-0.39, 0.29) is 42.2 Å². The van der Waals surface area contributed by atoms with Gasteiger partial charge in [-0.1, -0.05) is 0 Å². The lowest BCUT2D eigenvalue weighted by Gasteiger charge is -2.11. The van der Waals surface area contributed by atoms with Gasteiger partial charge in [-0.05, 0) is 13.3 Å². The maximum atomic E-state index is 11.4. The molecule has 114 valence electrons. The molecule has 0 spiro atoms. The minimum absolute atomic E-state index is 0.0687. The maximum absolute atomic E-state index is 11.4. The summed E-state index contributed by atoms with van der Waals surface area (Å²) in [6.45, 7) is 1.29. The molecular weight excluding hydrogens is 282 g/mol. The van der Waals surface area contributed by atoms with E-state index in [1.807, 2.05) is 0 Å². The summed E-state index contributed by atoms with van der Waals surface area (Å²) in [6.07, 6.45) is 0.177. The Balaban J connectivity index is 3.02. The number of nitrogens with zero attached hydrogens (tertiary/aromatic N) is 1. The first kappa shape index (κ1) is 16.4. The molecule has 0 aliphatic rings. The minimum atomic E-state index is -0.955. The van der Waals surface area contributed by atoms with Crippen LogP contribution in [0.3, 0.4) is 0 Å². The summed E-state index contributed by atoms with van der Waals surface area (Å²) in [5, 5.41) is 19.5. The smallest absolute Gasteiger partial charge is 0.303 e. The fraction of sp³-hybridized carbons (Fsp3) is 0.385. The van der Waals surface area contributed by atoms with Crippen molar-refractivity contribution in [3.63, 3.8) is 0 Å². The van der Waals surface area contributed by atoms with E-state index in [0.29, 0.717) is 0 Å². The summed E-state index contributed by atoms with van der Waals surface area (Å²) >= 11 is 0. The van der Waals surface area contributed by atoms with E-state index >= 15 is 0 Å². The van der Waals surface area contributed by atoms with Crippen molar-refractivity contribution >= 4 is 17.4 Å². The van der Waals surface area contributed by atoms with E-state index in [4.69, 9.17) is 14.6 Å². The van der Waals surface area contributed by atoms with Crippen molar-refractivity contribution < 1.29 is 29.1 Å². The molecule has 0 aromatic heterocycles. The zero-order valence-electron chi connectivity index (χ0n) is 11.6. The summed E-state index contributed by atoms with van der Waals surface area (Å²) < 4.78 is 10.3. The summed E-state index contributed by atoms with van der Waals surface area (Å²) in [7, 11) is 1.34. The first-order chi connectivity index (χ1) is 9.86. The topological polar surface area (TPSA) is 116 Å². The molecule has 0 aliphatic carbocycles. The van der Waals surface area contributed by atoms with Gasteiger partial charge in [0, 0.05) is 12.5 Å². The van der Waals surface area contributed by atoms with Crippen LogP contribution >= 0.6 is 0 Å². The van der Waals surface area contributed by atoms with Crippen LogP contribution in [0.25, 0.3) is 0 Å². The minimum Gasteiger partial charge on any atom is -0.493 e. The molecule has 1 N–H and O–H groups in total. The van der Waals surface area contributed by atoms with Crippen molar-refractivity contribution in [3.05, 3.63) is 27.8 Å². The molecule has 0 bridgehead atoms. The highest BCUT2D eigenvalue weighted by Gasteiger charge is 2.22. The molecule has 1 aromatic rings. The lowest BCUT2D eigenvalue weighted by Crippen LogP contribution is -2.06. The van der Waals surface area contributed by atoms with Gasteiger partial charge in [-0.3, -0.25) is 19.7 Å². The monoisotopic (exact) mass is 297 g/mol. The number of carboxylic acid groups (broad SMARTS) is 1. The van der Waals surface area contributed by atoms with Gasteiger partial charge in [0.05, 0.1) is 30.3 Å². The van der Waals surface area contributed by atoms with Gasteiger partial charge in [0.15, 0.2) is 17.3 Å². The van der Waals surface area contributed by atoms with Crippen molar-refractivity contribution in [2.75, 3.05) is 13.7 Å². The van der Waals surface area contributed by atoms with Crippen LogP contribution in [0.4, 0.5) is 5.69 Å². The van der Waals surface area contributed by atoms with Crippen molar-refractivity contribution in [1.29, 1.82) is 0 Å². The zero-order chi connectivity index (χ0) is 16.0. The van der Waals surface area contributed by atoms with E-state index < -0.39 is 16.7 Å². The number of benzene rings is 1. The zero-order valence-corrected chi connectivity index (χ0v) is 11.6. The van der Waals surface area contributed by atoms with E-state index in [2.05, 4.69) is 0 Å². The molecule has 0 unspecified atom stereocenters. The molecule has 1 rings (SSSR count). The molecule has 0 atom stereocenters. The van der Waals surface area contributed by atoms with Gasteiger partial charge in [-0.2, -0.15) is 0 Å². The quantitative estimate of drug-likeness (QED) is 0.338. The Morgan fingerprint density at radius 1 is 1.33 bits per heavy atom. The van der Waals surface area contributed by atoms with Crippen LogP contribution in [0.5, 0.6) is 11.5 Å². The third kappa shape index (κ3) is 4.44. The molecule has 0 amide bonds. The van der Waals surface area contributed by atoms with Crippen LogP contribution in [-0.2, 0) is 4.79 Å². The Hall–Kier alpha value is -2.64. The van der Waals surface area contributed by atoms with Crippen molar-refractivity contribution in [2.24, 2.45) is 0 Å². The van der Waals surface area contributed by atoms with E-state index in [9.17, 15) is 19.7 Å². The predicted molar refractivity (Wildman–Crippen MR) is 72.0 cm³/mol. The number of hydrogen-bond donors (Lipinski definition) is 1. The number of ketones is 1. The number of carboxylic acids is 1. The van der Waals surface area contributed by atoms with Gasteiger partial charge in [-0.25, -0.2) is 0 Å². The van der Waals surface area contributed by atoms with Crippen LogP contribution < -0.4 is 9.47 Å². The van der Waals surface area contributed by atoms with Gasteiger partial charge >= 0.3 is 5.97 Å². The van der Waals surface area contributed by atoms with Gasteiger partial charge in [0.2, 0.25) is 0 Å². The summed E-state index contributed by atoms with van der Waals surface area (Å²) in [5.74, 6) is -1.14. The van der Waals surface area contributed by atoms with Crippen molar-refractivity contribution in [2.45, 2.75) is 19.8 Å². The first-order valence-corrected chi connectivity index (χ1v) is 6.08. The lowest BCUT2D eigenvalue weighted by molar-refractivity contribution is -0.385. The lowest BCUT2D eigenvalue weighted by atomic mass is 10.1. The normalized spacial score (nSPS) is 10.0. The number of hydrogen-bond acceptors (Lipinski definition) is 6. The standard InChI is InChI=1S/C13H15NO7/c1-8(15)9-6-11(20-2)12(7-10(9)14(18)19)21-5-3-4-13(16)17/h6-7H,3-5H2,1-2H3,(H,16,17). The molecule has 21 heavy (non-hydrogen) atoms. The fourth-order valence-corrected chi connectivity index (χ4v) is 1.66. The van der Waals surface area contributed by atoms with E-state index in [1.165, 1.54) is 20.1 Å². The average molecular weight is 297 g/mol. The number of Topliss-reactive ketones (excluding diaryl/α,β-unsaturated/α-hetero) is 1. The number of carbonyl (C=O) groups is 2. The Labute approximate surface area is 120 Å². The number of nitro groups is 1. The van der Waals surface area contributed by atoms with Gasteiger partial charge in [0.1, 0.15) is 0 Å². The van der Waals surface area contributed by atoms with Gasteiger partial charge < -0.3 is 14.6 Å². The SMILES string of the molecule is COc1cc(C(C)=O)c([N+](=O)[O-])cc1OCCCC(=O)O. The predicted octanol–water partition coefficient (Wildman–Crippen LogP) is 2.05. The van der Waals surface area contributed by atoms with Gasteiger partial charge in [-0.15, -0.1) is 0 Å².